The van der Waals surface area contributed by atoms with Crippen LogP contribution in [0.5, 0.6) is 0 Å². The highest BCUT2D eigenvalue weighted by Crippen LogP contribution is 2.29. The van der Waals surface area contributed by atoms with E-state index in [-0.39, 0.29) is 5.41 Å². The summed E-state index contributed by atoms with van der Waals surface area (Å²) in [5.74, 6) is 0.805. The molecule has 2 unspecified atom stereocenters. The molecule has 0 aliphatic carbocycles. The minimum Gasteiger partial charge on any atom is -0.376 e. The molecule has 0 aromatic heterocycles. The van der Waals surface area contributed by atoms with E-state index < -0.39 is 0 Å². The van der Waals surface area contributed by atoms with Gasteiger partial charge in [0.15, 0.2) is 0 Å². The third-order valence-corrected chi connectivity index (χ3v) is 3.96. The van der Waals surface area contributed by atoms with E-state index in [2.05, 4.69) is 53.8 Å². The average Bonchev–Trinajstić information content (AvgIpc) is 2.36. The summed E-state index contributed by atoms with van der Waals surface area (Å²) in [6.07, 6.45) is 5.25. The number of hydrogen-bond acceptors (Lipinski definition) is 2. The van der Waals surface area contributed by atoms with Gasteiger partial charge in [-0.05, 0) is 37.6 Å². The standard InChI is InChI=1S/C17H37NO/c1-8-12-18-15(13-14(9-2)10-3)16(19-11-4)17(5,6)7/h14-16,18H,8-13H2,1-7H3. The van der Waals surface area contributed by atoms with Gasteiger partial charge in [-0.15, -0.1) is 0 Å². The zero-order chi connectivity index (χ0) is 14.9. The summed E-state index contributed by atoms with van der Waals surface area (Å²) < 4.78 is 6.09. The fraction of sp³-hybridized carbons (Fsp3) is 1.00. The second-order valence-corrected chi connectivity index (χ2v) is 6.72. The largest absolute Gasteiger partial charge is 0.376 e. The Labute approximate surface area is 121 Å². The van der Waals surface area contributed by atoms with E-state index in [0.717, 1.165) is 19.1 Å². The van der Waals surface area contributed by atoms with Gasteiger partial charge in [0.25, 0.3) is 0 Å². The first-order valence-corrected chi connectivity index (χ1v) is 8.25. The maximum absolute atomic E-state index is 6.09. The molecule has 0 aromatic carbocycles. The van der Waals surface area contributed by atoms with E-state index in [1.165, 1.54) is 25.7 Å². The van der Waals surface area contributed by atoms with Crippen LogP contribution >= 0.6 is 0 Å². The minimum atomic E-state index is 0.188. The van der Waals surface area contributed by atoms with Crippen LogP contribution in [0.3, 0.4) is 0 Å². The molecule has 0 saturated carbocycles. The molecule has 0 spiro atoms. The van der Waals surface area contributed by atoms with Crippen molar-refractivity contribution in [2.45, 2.75) is 86.3 Å². The number of ether oxygens (including phenoxy) is 1. The van der Waals surface area contributed by atoms with Crippen molar-refractivity contribution in [2.24, 2.45) is 11.3 Å². The molecule has 0 fully saturated rings. The molecular formula is C17H37NO. The molecule has 2 nitrogen and oxygen atoms in total. The van der Waals surface area contributed by atoms with Crippen molar-refractivity contribution < 1.29 is 4.74 Å². The van der Waals surface area contributed by atoms with Crippen LogP contribution in [0.4, 0.5) is 0 Å². The highest BCUT2D eigenvalue weighted by molar-refractivity contribution is 4.87. The molecule has 0 bridgehead atoms. The summed E-state index contributed by atoms with van der Waals surface area (Å²) >= 11 is 0. The second-order valence-electron chi connectivity index (χ2n) is 6.72. The lowest BCUT2D eigenvalue weighted by atomic mass is 9.80. The first kappa shape index (κ1) is 18.9. The summed E-state index contributed by atoms with van der Waals surface area (Å²) in [6.45, 7) is 17.7. The Balaban J connectivity index is 4.83. The molecule has 0 heterocycles. The van der Waals surface area contributed by atoms with Crippen molar-refractivity contribution in [2.75, 3.05) is 13.2 Å². The zero-order valence-corrected chi connectivity index (χ0v) is 14.4. The molecular weight excluding hydrogens is 234 g/mol. The summed E-state index contributed by atoms with van der Waals surface area (Å²) in [5, 5.41) is 3.73. The van der Waals surface area contributed by atoms with Crippen molar-refractivity contribution in [3.63, 3.8) is 0 Å². The average molecular weight is 271 g/mol. The minimum absolute atomic E-state index is 0.188. The van der Waals surface area contributed by atoms with Crippen LogP contribution in [0, 0.1) is 11.3 Å². The Morgan fingerprint density at radius 2 is 1.58 bits per heavy atom. The summed E-state index contributed by atoms with van der Waals surface area (Å²) in [5.41, 5.74) is 0.188. The maximum atomic E-state index is 6.09. The molecule has 1 N–H and O–H groups in total. The van der Waals surface area contributed by atoms with Gasteiger partial charge < -0.3 is 10.1 Å². The van der Waals surface area contributed by atoms with Crippen LogP contribution in [0.1, 0.15) is 74.1 Å². The smallest absolute Gasteiger partial charge is 0.0776 e. The SMILES string of the molecule is CCCNC(CC(CC)CC)C(OCC)C(C)(C)C. The lowest BCUT2D eigenvalue weighted by molar-refractivity contribution is -0.0407. The number of hydrogen-bond donors (Lipinski definition) is 1. The van der Waals surface area contributed by atoms with Gasteiger partial charge in [0.05, 0.1) is 6.10 Å². The molecule has 2 heteroatoms. The Bertz CT molecular complexity index is 206. The van der Waals surface area contributed by atoms with Gasteiger partial charge in [-0.1, -0.05) is 54.4 Å². The highest BCUT2D eigenvalue weighted by Gasteiger charge is 2.33. The van der Waals surface area contributed by atoms with Crippen molar-refractivity contribution in [1.82, 2.24) is 5.32 Å². The van der Waals surface area contributed by atoms with Crippen LogP contribution in [-0.4, -0.2) is 25.3 Å². The molecule has 2 atom stereocenters. The highest BCUT2D eigenvalue weighted by atomic mass is 16.5. The Kier molecular flexibility index (Phi) is 9.72. The van der Waals surface area contributed by atoms with E-state index in [9.17, 15) is 0 Å². The third kappa shape index (κ3) is 7.31. The van der Waals surface area contributed by atoms with E-state index in [4.69, 9.17) is 4.74 Å². The molecule has 0 aliphatic rings. The van der Waals surface area contributed by atoms with Crippen LogP contribution in [0.25, 0.3) is 0 Å². The third-order valence-electron chi connectivity index (χ3n) is 3.96. The molecule has 0 amide bonds. The van der Waals surface area contributed by atoms with Gasteiger partial charge in [-0.25, -0.2) is 0 Å². The molecule has 0 saturated heterocycles. The molecule has 116 valence electrons. The molecule has 19 heavy (non-hydrogen) atoms. The van der Waals surface area contributed by atoms with Crippen molar-refractivity contribution in [3.8, 4) is 0 Å². The van der Waals surface area contributed by atoms with Gasteiger partial charge in [0, 0.05) is 12.6 Å². The van der Waals surface area contributed by atoms with Crippen LogP contribution in [0.2, 0.25) is 0 Å². The summed E-state index contributed by atoms with van der Waals surface area (Å²) in [7, 11) is 0. The van der Waals surface area contributed by atoms with Crippen molar-refractivity contribution in [1.29, 1.82) is 0 Å². The number of rotatable bonds is 10. The van der Waals surface area contributed by atoms with Gasteiger partial charge in [0.1, 0.15) is 0 Å². The van der Waals surface area contributed by atoms with Crippen molar-refractivity contribution >= 4 is 0 Å². The first-order chi connectivity index (χ1) is 8.90. The Morgan fingerprint density at radius 1 is 1.00 bits per heavy atom. The monoisotopic (exact) mass is 271 g/mol. The maximum Gasteiger partial charge on any atom is 0.0776 e. The molecule has 0 aromatic rings. The van der Waals surface area contributed by atoms with E-state index >= 15 is 0 Å². The zero-order valence-electron chi connectivity index (χ0n) is 14.4. The Hall–Kier alpha value is -0.0800. The van der Waals surface area contributed by atoms with Crippen molar-refractivity contribution in [3.05, 3.63) is 0 Å². The normalized spacial score (nSPS) is 15.8. The van der Waals surface area contributed by atoms with Gasteiger partial charge in [-0.2, -0.15) is 0 Å². The fourth-order valence-electron chi connectivity index (χ4n) is 2.77. The summed E-state index contributed by atoms with van der Waals surface area (Å²) in [6, 6.07) is 0.477. The van der Waals surface area contributed by atoms with Crippen LogP contribution in [0.15, 0.2) is 0 Å². The molecule has 0 aliphatic heterocycles. The first-order valence-electron chi connectivity index (χ1n) is 8.25. The van der Waals surface area contributed by atoms with E-state index in [1.807, 2.05) is 0 Å². The predicted octanol–water partition coefficient (Wildman–Crippen LogP) is 4.63. The van der Waals surface area contributed by atoms with E-state index in [0.29, 0.717) is 12.1 Å². The quantitative estimate of drug-likeness (QED) is 0.625. The van der Waals surface area contributed by atoms with Gasteiger partial charge >= 0.3 is 0 Å². The predicted molar refractivity (Wildman–Crippen MR) is 85.6 cm³/mol. The second kappa shape index (κ2) is 9.77. The molecule has 0 radical (unpaired) electrons. The fourth-order valence-corrected chi connectivity index (χ4v) is 2.77. The van der Waals surface area contributed by atoms with Crippen LogP contribution in [-0.2, 0) is 4.74 Å². The van der Waals surface area contributed by atoms with E-state index in [1.54, 1.807) is 0 Å². The summed E-state index contributed by atoms with van der Waals surface area (Å²) in [4.78, 5) is 0. The topological polar surface area (TPSA) is 21.3 Å². The van der Waals surface area contributed by atoms with Gasteiger partial charge in [0.2, 0.25) is 0 Å². The Morgan fingerprint density at radius 3 is 1.95 bits per heavy atom. The lowest BCUT2D eigenvalue weighted by Gasteiger charge is -2.38. The lowest BCUT2D eigenvalue weighted by Crippen LogP contribution is -2.49. The molecule has 0 rings (SSSR count). The number of nitrogens with one attached hydrogen (secondary N) is 1. The van der Waals surface area contributed by atoms with Crippen LogP contribution < -0.4 is 5.32 Å². The van der Waals surface area contributed by atoms with Gasteiger partial charge in [-0.3, -0.25) is 0 Å².